The zero-order valence-corrected chi connectivity index (χ0v) is 24.3. The molecule has 1 aliphatic heterocycles. The van der Waals surface area contributed by atoms with Crippen LogP contribution in [0.4, 0.5) is 18.9 Å². The molecule has 0 spiro atoms. The van der Waals surface area contributed by atoms with Gasteiger partial charge in [0.15, 0.2) is 11.5 Å². The summed E-state index contributed by atoms with van der Waals surface area (Å²) in [6.07, 6.45) is -3.95. The van der Waals surface area contributed by atoms with Gasteiger partial charge in [0.1, 0.15) is 5.82 Å². The van der Waals surface area contributed by atoms with E-state index in [1.807, 2.05) is 50.2 Å². The number of hydrogen-bond acceptors (Lipinski definition) is 6. The van der Waals surface area contributed by atoms with Crippen LogP contribution in [-0.2, 0) is 33.5 Å². The monoisotopic (exact) mass is 610 g/mol. The summed E-state index contributed by atoms with van der Waals surface area (Å²) in [5.41, 5.74) is 1.11. The van der Waals surface area contributed by atoms with Crippen LogP contribution in [0.2, 0.25) is 0 Å². The number of nitrogens with one attached hydrogen (secondary N) is 1. The van der Waals surface area contributed by atoms with Crippen molar-refractivity contribution in [1.82, 2.24) is 4.57 Å². The van der Waals surface area contributed by atoms with Crippen molar-refractivity contribution < 1.29 is 42.4 Å². The second-order valence-corrected chi connectivity index (χ2v) is 12.1. The largest absolute Gasteiger partial charge is 0.586 e. The fraction of sp³-hybridized carbons (Fsp3) is 0.364. The first-order valence-corrected chi connectivity index (χ1v) is 14.4. The van der Waals surface area contributed by atoms with Crippen molar-refractivity contribution >= 4 is 22.5 Å². The van der Waals surface area contributed by atoms with Gasteiger partial charge in [-0.3, -0.25) is 4.79 Å². The van der Waals surface area contributed by atoms with Crippen molar-refractivity contribution in [3.05, 3.63) is 89.4 Å². The van der Waals surface area contributed by atoms with E-state index in [9.17, 15) is 23.8 Å². The van der Waals surface area contributed by atoms with Crippen molar-refractivity contribution in [2.45, 2.75) is 63.1 Å². The van der Waals surface area contributed by atoms with Gasteiger partial charge in [-0.15, -0.1) is 8.78 Å². The molecule has 1 aliphatic carbocycles. The number of benzene rings is 3. The maximum absolute atomic E-state index is 15.6. The number of amides is 1. The van der Waals surface area contributed by atoms with Gasteiger partial charge in [-0.1, -0.05) is 50.2 Å². The highest BCUT2D eigenvalue weighted by Gasteiger charge is 2.53. The van der Waals surface area contributed by atoms with E-state index in [0.717, 1.165) is 11.3 Å². The lowest BCUT2D eigenvalue weighted by atomic mass is 9.90. The van der Waals surface area contributed by atoms with Gasteiger partial charge in [0.05, 0.1) is 49.1 Å². The number of fused-ring (bicyclic) bond motifs is 2. The van der Waals surface area contributed by atoms with Crippen LogP contribution in [0.15, 0.2) is 66.7 Å². The number of aromatic nitrogens is 1. The Morgan fingerprint density at radius 3 is 2.50 bits per heavy atom. The van der Waals surface area contributed by atoms with Crippen LogP contribution in [-0.4, -0.2) is 46.3 Å². The Kier molecular flexibility index (Phi) is 7.59. The van der Waals surface area contributed by atoms with Gasteiger partial charge >= 0.3 is 6.29 Å². The SMILES string of the molecule is CC(C)(COCc1ccccc1)c1cc2cc(NC(=O)C3(c4ccc5c(c4)OC(F)(F)O5)CC3)c(F)cc2n1CC(O)CO. The molecule has 8 nitrogen and oxygen atoms in total. The van der Waals surface area contributed by atoms with E-state index in [4.69, 9.17) is 4.74 Å². The maximum atomic E-state index is 15.6. The number of nitrogens with zero attached hydrogens (tertiary/aromatic N) is 1. The molecular formula is C33H33F3N2O6. The highest BCUT2D eigenvalue weighted by Crippen LogP contribution is 2.52. The van der Waals surface area contributed by atoms with Crippen LogP contribution in [0, 0.1) is 5.82 Å². The first kappa shape index (κ1) is 30.0. The zero-order valence-electron chi connectivity index (χ0n) is 24.3. The summed E-state index contributed by atoms with van der Waals surface area (Å²) in [6, 6.07) is 18.7. The third-order valence-corrected chi connectivity index (χ3v) is 8.25. The highest BCUT2D eigenvalue weighted by molar-refractivity contribution is 6.03. The predicted molar refractivity (Wildman–Crippen MR) is 156 cm³/mol. The molecule has 0 radical (unpaired) electrons. The summed E-state index contributed by atoms with van der Waals surface area (Å²) in [5, 5.41) is 23.2. The van der Waals surface area contributed by atoms with Crippen LogP contribution < -0.4 is 14.8 Å². The minimum atomic E-state index is -3.77. The van der Waals surface area contributed by atoms with Crippen molar-refractivity contribution in [2.24, 2.45) is 0 Å². The average molecular weight is 611 g/mol. The number of halogens is 3. The Labute approximate surface area is 252 Å². The average Bonchev–Trinajstić information content (AvgIpc) is 3.64. The zero-order chi connectivity index (χ0) is 31.3. The molecule has 1 amide bonds. The smallest absolute Gasteiger partial charge is 0.395 e. The highest BCUT2D eigenvalue weighted by atomic mass is 19.3. The third-order valence-electron chi connectivity index (χ3n) is 8.25. The van der Waals surface area contributed by atoms with Crippen LogP contribution in [0.3, 0.4) is 0 Å². The van der Waals surface area contributed by atoms with Crippen LogP contribution in [0.25, 0.3) is 10.9 Å². The van der Waals surface area contributed by atoms with Gasteiger partial charge in [-0.05, 0) is 48.2 Å². The third kappa shape index (κ3) is 5.74. The van der Waals surface area contributed by atoms with Crippen molar-refractivity contribution in [3.63, 3.8) is 0 Å². The Bertz CT molecular complexity index is 1700. The van der Waals surface area contributed by atoms with Gasteiger partial charge in [0, 0.05) is 22.6 Å². The van der Waals surface area contributed by atoms with E-state index in [1.165, 1.54) is 30.3 Å². The first-order chi connectivity index (χ1) is 20.9. The molecule has 2 aliphatic rings. The second-order valence-electron chi connectivity index (χ2n) is 12.1. The molecule has 1 fully saturated rings. The van der Waals surface area contributed by atoms with E-state index >= 15 is 4.39 Å². The molecule has 1 unspecified atom stereocenters. The molecular weight excluding hydrogens is 577 g/mol. The summed E-state index contributed by atoms with van der Waals surface area (Å²) >= 11 is 0. The van der Waals surface area contributed by atoms with Crippen molar-refractivity contribution in [1.29, 1.82) is 0 Å². The molecule has 6 rings (SSSR count). The van der Waals surface area contributed by atoms with E-state index in [2.05, 4.69) is 14.8 Å². The van der Waals surface area contributed by atoms with E-state index < -0.39 is 41.6 Å². The standard InChI is InChI=1S/C33H33F3N2O6/c1-31(2,19-42-18-20-6-4-3-5-7-20)29-13-21-12-25(24(34)15-26(21)38(29)16-23(40)17-39)37-30(41)32(10-11-32)22-8-9-27-28(14-22)44-33(35,36)43-27/h3-9,12-15,23,39-40H,10-11,16-19H2,1-2H3,(H,37,41). The molecule has 3 aromatic carbocycles. The molecule has 1 saturated carbocycles. The molecule has 2 heterocycles. The fourth-order valence-electron chi connectivity index (χ4n) is 5.74. The van der Waals surface area contributed by atoms with E-state index in [0.29, 0.717) is 42.5 Å². The molecule has 1 atom stereocenters. The number of anilines is 1. The molecule has 4 aromatic rings. The summed E-state index contributed by atoms with van der Waals surface area (Å²) in [4.78, 5) is 13.5. The first-order valence-electron chi connectivity index (χ1n) is 14.4. The number of rotatable bonds is 11. The minimum absolute atomic E-state index is 0.0227. The number of hydrogen-bond donors (Lipinski definition) is 3. The lowest BCUT2D eigenvalue weighted by molar-refractivity contribution is -0.286. The summed E-state index contributed by atoms with van der Waals surface area (Å²) in [5.74, 6) is -1.43. The Morgan fingerprint density at radius 1 is 1.07 bits per heavy atom. The van der Waals surface area contributed by atoms with Gasteiger partial charge in [-0.25, -0.2) is 4.39 Å². The molecule has 3 N–H and O–H groups in total. The number of alkyl halides is 2. The molecule has 232 valence electrons. The lowest BCUT2D eigenvalue weighted by Gasteiger charge is -2.27. The summed E-state index contributed by atoms with van der Waals surface area (Å²) in [6.45, 7) is 4.23. The number of aliphatic hydroxyl groups is 2. The van der Waals surface area contributed by atoms with E-state index in [-0.39, 0.29) is 23.7 Å². The molecule has 0 bridgehead atoms. The molecule has 11 heteroatoms. The fourth-order valence-corrected chi connectivity index (χ4v) is 5.74. The van der Waals surface area contributed by atoms with Gasteiger partial charge in [-0.2, -0.15) is 0 Å². The number of ether oxygens (including phenoxy) is 3. The maximum Gasteiger partial charge on any atom is 0.586 e. The van der Waals surface area contributed by atoms with Gasteiger partial charge in [0.2, 0.25) is 5.91 Å². The van der Waals surface area contributed by atoms with Crippen molar-refractivity contribution in [3.8, 4) is 11.5 Å². The molecule has 1 aromatic heterocycles. The summed E-state index contributed by atoms with van der Waals surface area (Å²) < 4.78 is 59.4. The topological polar surface area (TPSA) is 102 Å². The van der Waals surface area contributed by atoms with Crippen LogP contribution >= 0.6 is 0 Å². The quantitative estimate of drug-likeness (QED) is 0.204. The second kappa shape index (κ2) is 11.1. The Morgan fingerprint density at radius 2 is 1.80 bits per heavy atom. The molecule has 44 heavy (non-hydrogen) atoms. The predicted octanol–water partition coefficient (Wildman–Crippen LogP) is 5.62. The minimum Gasteiger partial charge on any atom is -0.395 e. The molecule has 0 saturated heterocycles. The van der Waals surface area contributed by atoms with Crippen LogP contribution in [0.1, 0.15) is 43.5 Å². The number of aliphatic hydroxyl groups excluding tert-OH is 2. The van der Waals surface area contributed by atoms with Crippen LogP contribution in [0.5, 0.6) is 11.5 Å². The van der Waals surface area contributed by atoms with E-state index in [1.54, 1.807) is 4.57 Å². The number of carbonyl (C=O) groups excluding carboxylic acids is 1. The van der Waals surface area contributed by atoms with Crippen molar-refractivity contribution in [2.75, 3.05) is 18.5 Å². The van der Waals surface area contributed by atoms with Gasteiger partial charge < -0.3 is 34.3 Å². The normalized spacial score (nSPS) is 17.1. The number of carbonyl (C=O) groups is 1. The Hall–Kier alpha value is -4.06. The Balaban J connectivity index is 1.27. The summed E-state index contributed by atoms with van der Waals surface area (Å²) in [7, 11) is 0. The van der Waals surface area contributed by atoms with Gasteiger partial charge in [0.25, 0.3) is 0 Å². The lowest BCUT2D eigenvalue weighted by Crippen LogP contribution is -2.30.